The first kappa shape index (κ1) is 24.5. The highest BCUT2D eigenvalue weighted by Crippen LogP contribution is 2.42. The van der Waals surface area contributed by atoms with Crippen LogP contribution in [-0.4, -0.2) is 48.5 Å². The summed E-state index contributed by atoms with van der Waals surface area (Å²) in [6.07, 6.45) is 6.27. The van der Waals surface area contributed by atoms with Crippen LogP contribution >= 0.6 is 23.1 Å². The molecule has 2 amide bonds. The average molecular weight is 463 g/mol. The lowest BCUT2D eigenvalue weighted by atomic mass is 10.1. The molecule has 1 fully saturated rings. The summed E-state index contributed by atoms with van der Waals surface area (Å²) in [7, 11) is 3.24. The first-order chi connectivity index (χ1) is 14.9. The maximum absolute atomic E-state index is 11.6. The Morgan fingerprint density at radius 1 is 1.32 bits per heavy atom. The van der Waals surface area contributed by atoms with Crippen molar-refractivity contribution in [3.05, 3.63) is 40.2 Å². The molecule has 2 aromatic rings. The second kappa shape index (κ2) is 11.6. The van der Waals surface area contributed by atoms with Gasteiger partial charge < -0.3 is 20.0 Å². The number of hydrogen-bond acceptors (Lipinski definition) is 8. The number of ether oxygens (including phenoxy) is 1. The second-order valence-corrected chi connectivity index (χ2v) is 8.38. The first-order valence-corrected chi connectivity index (χ1v) is 11.7. The lowest BCUT2D eigenvalue weighted by Crippen LogP contribution is -2.22. The molecule has 1 aliphatic rings. The zero-order valence-corrected chi connectivity index (χ0v) is 19.5. The number of phenols is 1. The number of thioether (sulfide) groups is 1. The SMILES string of the molecule is CC(C=O)c1cccs1.CNc1cc(OC)c(O)c(/C=C/N2C(=O)CCC2=O)c1SC. The van der Waals surface area contributed by atoms with Crippen molar-refractivity contribution < 1.29 is 24.2 Å². The molecule has 7 nitrogen and oxygen atoms in total. The van der Waals surface area contributed by atoms with Crippen LogP contribution in [-0.2, 0) is 14.4 Å². The van der Waals surface area contributed by atoms with Crippen molar-refractivity contribution in [2.45, 2.75) is 30.6 Å². The summed E-state index contributed by atoms with van der Waals surface area (Å²) in [6, 6.07) is 5.63. The van der Waals surface area contributed by atoms with Crippen molar-refractivity contribution in [1.82, 2.24) is 4.90 Å². The molecule has 1 aliphatic heterocycles. The molecule has 3 rings (SSSR count). The van der Waals surface area contributed by atoms with Gasteiger partial charge in [0.2, 0.25) is 11.8 Å². The number of imide groups is 1. The number of aromatic hydroxyl groups is 1. The Labute approximate surface area is 190 Å². The molecule has 0 bridgehead atoms. The van der Waals surface area contributed by atoms with Gasteiger partial charge in [-0.05, 0) is 23.8 Å². The van der Waals surface area contributed by atoms with E-state index in [0.29, 0.717) is 11.3 Å². The van der Waals surface area contributed by atoms with Gasteiger partial charge in [0.1, 0.15) is 6.29 Å². The molecule has 0 radical (unpaired) electrons. The standard InChI is InChI=1S/C15H18N2O4S.C7H8OS/c1-16-10-8-11(21-2)14(20)9(15(10)22-3)6-7-17-12(18)4-5-13(17)19;1-6(5-8)7-3-2-4-9-7/h6-8,16,20H,4-5H2,1-3H3;2-6H,1H3/b7-6+;. The van der Waals surface area contributed by atoms with Crippen LogP contribution in [0.25, 0.3) is 6.08 Å². The molecule has 2 heterocycles. The number of carbonyl (C=O) groups excluding carboxylic acids is 3. The molecule has 1 saturated heterocycles. The van der Waals surface area contributed by atoms with Gasteiger partial charge >= 0.3 is 0 Å². The van der Waals surface area contributed by atoms with Gasteiger partial charge in [0, 0.05) is 53.4 Å². The van der Waals surface area contributed by atoms with Gasteiger partial charge in [0.25, 0.3) is 0 Å². The number of benzene rings is 1. The van der Waals surface area contributed by atoms with E-state index in [1.54, 1.807) is 30.5 Å². The minimum absolute atomic E-state index is 0.0267. The number of rotatable bonds is 7. The minimum Gasteiger partial charge on any atom is -0.504 e. The third-order valence-corrected chi connectivity index (χ3v) is 6.54. The monoisotopic (exact) mass is 462 g/mol. The van der Waals surface area contributed by atoms with Gasteiger partial charge in [-0.15, -0.1) is 23.1 Å². The highest BCUT2D eigenvalue weighted by molar-refractivity contribution is 7.98. The Morgan fingerprint density at radius 2 is 2.00 bits per heavy atom. The zero-order valence-electron chi connectivity index (χ0n) is 17.9. The third-order valence-electron chi connectivity index (χ3n) is 4.62. The van der Waals surface area contributed by atoms with Crippen LogP contribution in [0, 0.1) is 0 Å². The van der Waals surface area contributed by atoms with E-state index in [1.165, 1.54) is 25.1 Å². The maximum Gasteiger partial charge on any atom is 0.233 e. The van der Waals surface area contributed by atoms with Crippen molar-refractivity contribution in [3.63, 3.8) is 0 Å². The summed E-state index contributed by atoms with van der Waals surface area (Å²) in [5.74, 6) is -0.0987. The lowest BCUT2D eigenvalue weighted by Gasteiger charge is -2.16. The molecule has 0 spiro atoms. The number of aldehydes is 1. The molecule has 1 aromatic carbocycles. The summed E-state index contributed by atoms with van der Waals surface area (Å²) in [4.78, 5) is 36.5. The van der Waals surface area contributed by atoms with Gasteiger partial charge in [-0.1, -0.05) is 13.0 Å². The molecule has 9 heteroatoms. The quantitative estimate of drug-likeness (QED) is 0.274. The third kappa shape index (κ3) is 5.89. The van der Waals surface area contributed by atoms with Crippen molar-refractivity contribution in [2.24, 2.45) is 0 Å². The molecule has 1 unspecified atom stereocenters. The Bertz CT molecular complexity index is 941. The topological polar surface area (TPSA) is 95.9 Å². The van der Waals surface area contributed by atoms with Gasteiger partial charge in [-0.25, -0.2) is 0 Å². The minimum atomic E-state index is -0.233. The summed E-state index contributed by atoms with van der Waals surface area (Å²) in [5, 5.41) is 15.3. The predicted octanol–water partition coefficient (Wildman–Crippen LogP) is 4.33. The number of phenolic OH excluding ortho intramolecular Hbond substituents is 1. The number of amides is 2. The zero-order chi connectivity index (χ0) is 23.0. The van der Waals surface area contributed by atoms with E-state index in [2.05, 4.69) is 5.32 Å². The normalized spacial score (nSPS) is 14.4. The van der Waals surface area contributed by atoms with E-state index >= 15 is 0 Å². The van der Waals surface area contributed by atoms with E-state index in [9.17, 15) is 19.5 Å². The van der Waals surface area contributed by atoms with Gasteiger partial charge in [0.15, 0.2) is 11.5 Å². The summed E-state index contributed by atoms with van der Waals surface area (Å²) in [6.45, 7) is 1.90. The fourth-order valence-corrected chi connectivity index (χ4v) is 4.40. The maximum atomic E-state index is 11.6. The number of nitrogens with one attached hydrogen (secondary N) is 1. The molecular weight excluding hydrogens is 436 g/mol. The molecule has 31 heavy (non-hydrogen) atoms. The number of nitrogens with zero attached hydrogens (tertiary/aromatic N) is 1. The summed E-state index contributed by atoms with van der Waals surface area (Å²) in [5.41, 5.74) is 1.30. The van der Waals surface area contributed by atoms with Crippen LogP contribution in [0.15, 0.2) is 34.7 Å². The van der Waals surface area contributed by atoms with Crippen molar-refractivity contribution in [3.8, 4) is 11.5 Å². The van der Waals surface area contributed by atoms with E-state index in [-0.39, 0.29) is 36.3 Å². The van der Waals surface area contributed by atoms with E-state index < -0.39 is 0 Å². The smallest absolute Gasteiger partial charge is 0.233 e. The van der Waals surface area contributed by atoms with E-state index in [1.807, 2.05) is 30.7 Å². The van der Waals surface area contributed by atoms with Crippen molar-refractivity contribution in [1.29, 1.82) is 0 Å². The fraction of sp³-hybridized carbons (Fsp3) is 0.318. The van der Waals surface area contributed by atoms with Crippen molar-refractivity contribution >= 4 is 53.0 Å². The molecule has 1 aromatic heterocycles. The second-order valence-electron chi connectivity index (χ2n) is 6.59. The largest absolute Gasteiger partial charge is 0.504 e. The first-order valence-electron chi connectivity index (χ1n) is 9.55. The fourth-order valence-electron chi connectivity index (χ4n) is 2.89. The van der Waals surface area contributed by atoms with Crippen LogP contribution in [0.4, 0.5) is 5.69 Å². The molecule has 1 atom stereocenters. The van der Waals surface area contributed by atoms with Gasteiger partial charge in [0.05, 0.1) is 12.8 Å². The van der Waals surface area contributed by atoms with Crippen LogP contribution in [0.1, 0.15) is 36.1 Å². The number of hydrogen-bond donors (Lipinski definition) is 2. The van der Waals surface area contributed by atoms with Crippen LogP contribution in [0.3, 0.4) is 0 Å². The summed E-state index contributed by atoms with van der Waals surface area (Å²) < 4.78 is 5.16. The van der Waals surface area contributed by atoms with E-state index in [0.717, 1.165) is 26.6 Å². The predicted molar refractivity (Wildman–Crippen MR) is 125 cm³/mol. The van der Waals surface area contributed by atoms with Crippen LogP contribution < -0.4 is 10.1 Å². The lowest BCUT2D eigenvalue weighted by molar-refractivity contribution is -0.135. The van der Waals surface area contributed by atoms with E-state index in [4.69, 9.17) is 4.74 Å². The molecule has 166 valence electrons. The average Bonchev–Trinajstić information content (AvgIpc) is 3.43. The Balaban J connectivity index is 0.000000316. The van der Waals surface area contributed by atoms with Crippen LogP contribution in [0.2, 0.25) is 0 Å². The molecule has 0 saturated carbocycles. The highest BCUT2D eigenvalue weighted by Gasteiger charge is 2.27. The number of thiophene rings is 1. The molecular formula is C22H26N2O5S2. The Morgan fingerprint density at radius 3 is 2.48 bits per heavy atom. The Kier molecular flexibility index (Phi) is 9.14. The molecule has 0 aliphatic carbocycles. The number of likely N-dealkylation sites (tertiary alicyclic amines) is 1. The number of anilines is 1. The number of carbonyl (C=O) groups is 3. The molecule has 2 N–H and O–H groups in total. The van der Waals surface area contributed by atoms with Gasteiger partial charge in [-0.3, -0.25) is 14.5 Å². The number of methoxy groups -OCH3 is 1. The Hall–Kier alpha value is -2.78. The summed E-state index contributed by atoms with van der Waals surface area (Å²) >= 11 is 3.07. The highest BCUT2D eigenvalue weighted by atomic mass is 32.2. The van der Waals surface area contributed by atoms with Gasteiger partial charge in [-0.2, -0.15) is 0 Å². The van der Waals surface area contributed by atoms with Crippen molar-refractivity contribution in [2.75, 3.05) is 25.7 Å². The van der Waals surface area contributed by atoms with Crippen LogP contribution in [0.5, 0.6) is 11.5 Å².